The second-order valence-electron chi connectivity index (χ2n) is 5.21. The molecule has 0 spiro atoms. The lowest BCUT2D eigenvalue weighted by molar-refractivity contribution is 0.0438. The van der Waals surface area contributed by atoms with Crippen molar-refractivity contribution in [3.05, 3.63) is 53.4 Å². The molecule has 0 atom stereocenters. The topological polar surface area (TPSA) is 90.2 Å². The SMILES string of the molecule is COc1ccc(-c2[nH]ncc2C(=O)OCc2nc(C)c(C)o2)cc1. The number of H-pyrrole nitrogens is 1. The molecule has 2 aromatic heterocycles. The van der Waals surface area contributed by atoms with Crippen molar-refractivity contribution in [1.82, 2.24) is 15.2 Å². The van der Waals surface area contributed by atoms with Crippen LogP contribution >= 0.6 is 0 Å². The highest BCUT2D eigenvalue weighted by Crippen LogP contribution is 2.24. The minimum atomic E-state index is -0.497. The van der Waals surface area contributed by atoms with Crippen molar-refractivity contribution in [1.29, 1.82) is 0 Å². The summed E-state index contributed by atoms with van der Waals surface area (Å²) in [5.41, 5.74) is 2.52. The molecule has 0 unspecified atom stereocenters. The maximum absolute atomic E-state index is 12.3. The molecule has 0 radical (unpaired) electrons. The zero-order valence-electron chi connectivity index (χ0n) is 13.6. The summed E-state index contributed by atoms with van der Waals surface area (Å²) >= 11 is 0. The van der Waals surface area contributed by atoms with E-state index in [-0.39, 0.29) is 6.61 Å². The van der Waals surface area contributed by atoms with Gasteiger partial charge in [-0.2, -0.15) is 5.10 Å². The van der Waals surface area contributed by atoms with Gasteiger partial charge in [-0.1, -0.05) is 0 Å². The van der Waals surface area contributed by atoms with E-state index in [0.29, 0.717) is 22.9 Å². The molecule has 1 aromatic carbocycles. The molecule has 0 aliphatic carbocycles. The average molecular weight is 327 g/mol. The van der Waals surface area contributed by atoms with Gasteiger partial charge in [0.15, 0.2) is 6.61 Å². The molecule has 124 valence electrons. The predicted molar refractivity (Wildman–Crippen MR) is 85.7 cm³/mol. The van der Waals surface area contributed by atoms with Gasteiger partial charge in [-0.3, -0.25) is 5.10 Å². The van der Waals surface area contributed by atoms with Crippen LogP contribution in [0.15, 0.2) is 34.9 Å². The quantitative estimate of drug-likeness (QED) is 0.724. The number of hydrogen-bond acceptors (Lipinski definition) is 6. The van der Waals surface area contributed by atoms with Gasteiger partial charge in [-0.15, -0.1) is 0 Å². The summed E-state index contributed by atoms with van der Waals surface area (Å²) in [5.74, 6) is 1.32. The van der Waals surface area contributed by atoms with Crippen molar-refractivity contribution >= 4 is 5.97 Å². The van der Waals surface area contributed by atoms with Crippen molar-refractivity contribution in [3.8, 4) is 17.0 Å². The smallest absolute Gasteiger partial charge is 0.342 e. The summed E-state index contributed by atoms with van der Waals surface area (Å²) in [7, 11) is 1.60. The molecule has 0 saturated heterocycles. The highest BCUT2D eigenvalue weighted by atomic mass is 16.5. The number of hydrogen-bond donors (Lipinski definition) is 1. The van der Waals surface area contributed by atoms with Crippen molar-refractivity contribution in [2.24, 2.45) is 0 Å². The van der Waals surface area contributed by atoms with Crippen molar-refractivity contribution in [3.63, 3.8) is 0 Å². The Morgan fingerprint density at radius 1 is 1.25 bits per heavy atom. The number of aromatic amines is 1. The van der Waals surface area contributed by atoms with Gasteiger partial charge in [-0.25, -0.2) is 9.78 Å². The van der Waals surface area contributed by atoms with Gasteiger partial charge in [0.05, 0.1) is 24.7 Å². The third-order valence-electron chi connectivity index (χ3n) is 3.64. The first-order chi connectivity index (χ1) is 11.6. The minimum Gasteiger partial charge on any atom is -0.497 e. The first-order valence-electron chi connectivity index (χ1n) is 7.36. The van der Waals surface area contributed by atoms with E-state index >= 15 is 0 Å². The minimum absolute atomic E-state index is 0.0270. The molecular formula is C17H17N3O4. The Morgan fingerprint density at radius 3 is 2.62 bits per heavy atom. The number of carbonyl (C=O) groups is 1. The first-order valence-corrected chi connectivity index (χ1v) is 7.36. The standard InChI is InChI=1S/C17H17N3O4/c1-10-11(2)24-15(19-10)9-23-17(21)14-8-18-20-16(14)12-4-6-13(22-3)7-5-12/h4-8H,9H2,1-3H3,(H,18,20). The second-order valence-corrected chi connectivity index (χ2v) is 5.21. The van der Waals surface area contributed by atoms with Crippen LogP contribution in [0.1, 0.15) is 27.7 Å². The first kappa shape index (κ1) is 15.8. The third-order valence-corrected chi connectivity index (χ3v) is 3.64. The predicted octanol–water partition coefficient (Wildman–Crippen LogP) is 3.05. The number of aryl methyl sites for hydroxylation is 2. The van der Waals surface area contributed by atoms with E-state index in [2.05, 4.69) is 15.2 Å². The van der Waals surface area contributed by atoms with Crippen LogP contribution in [-0.2, 0) is 11.3 Å². The molecule has 24 heavy (non-hydrogen) atoms. The van der Waals surface area contributed by atoms with Crippen LogP contribution in [-0.4, -0.2) is 28.3 Å². The summed E-state index contributed by atoms with van der Waals surface area (Å²) in [5, 5.41) is 6.76. The Labute approximate surface area is 138 Å². The van der Waals surface area contributed by atoms with Gasteiger partial charge < -0.3 is 13.9 Å². The van der Waals surface area contributed by atoms with E-state index in [4.69, 9.17) is 13.9 Å². The third kappa shape index (κ3) is 3.15. The molecule has 3 aromatic rings. The van der Waals surface area contributed by atoms with Gasteiger partial charge >= 0.3 is 5.97 Å². The fraction of sp³-hybridized carbons (Fsp3) is 0.235. The zero-order valence-corrected chi connectivity index (χ0v) is 13.6. The molecule has 0 bridgehead atoms. The van der Waals surface area contributed by atoms with Gasteiger partial charge in [-0.05, 0) is 38.1 Å². The van der Waals surface area contributed by atoms with E-state index in [0.717, 1.165) is 17.0 Å². The summed E-state index contributed by atoms with van der Waals surface area (Å²) in [6, 6.07) is 7.29. The number of methoxy groups -OCH3 is 1. The lowest BCUT2D eigenvalue weighted by atomic mass is 10.1. The number of esters is 1. The fourth-order valence-corrected chi connectivity index (χ4v) is 2.22. The Kier molecular flexibility index (Phi) is 4.33. The lowest BCUT2D eigenvalue weighted by Gasteiger charge is -2.05. The molecule has 2 heterocycles. The van der Waals surface area contributed by atoms with E-state index < -0.39 is 5.97 Å². The number of oxazole rings is 1. The van der Waals surface area contributed by atoms with Crippen molar-refractivity contribution in [2.45, 2.75) is 20.5 Å². The average Bonchev–Trinajstić information content (AvgIpc) is 3.20. The van der Waals surface area contributed by atoms with Gasteiger partial charge in [0.2, 0.25) is 5.89 Å². The van der Waals surface area contributed by atoms with Crippen LogP contribution in [0.2, 0.25) is 0 Å². The van der Waals surface area contributed by atoms with Crippen LogP contribution in [0, 0.1) is 13.8 Å². The molecule has 0 aliphatic heterocycles. The van der Waals surface area contributed by atoms with Crippen LogP contribution < -0.4 is 4.74 Å². The normalized spacial score (nSPS) is 10.6. The molecule has 0 amide bonds. The lowest BCUT2D eigenvalue weighted by Crippen LogP contribution is -2.06. The van der Waals surface area contributed by atoms with Gasteiger partial charge in [0, 0.05) is 5.56 Å². The number of nitrogens with zero attached hydrogens (tertiary/aromatic N) is 2. The molecule has 3 rings (SSSR count). The zero-order chi connectivity index (χ0) is 17.1. The Bertz CT molecular complexity index is 830. The fourth-order valence-electron chi connectivity index (χ4n) is 2.22. The molecule has 0 fully saturated rings. The van der Waals surface area contributed by atoms with Crippen LogP contribution in [0.5, 0.6) is 5.75 Å². The van der Waals surface area contributed by atoms with Crippen LogP contribution in [0.3, 0.4) is 0 Å². The number of rotatable bonds is 5. The number of aromatic nitrogens is 3. The monoisotopic (exact) mass is 327 g/mol. The Morgan fingerprint density at radius 2 is 2.00 bits per heavy atom. The van der Waals surface area contributed by atoms with Crippen molar-refractivity contribution in [2.75, 3.05) is 7.11 Å². The molecular weight excluding hydrogens is 310 g/mol. The van der Waals surface area contributed by atoms with Crippen LogP contribution in [0.4, 0.5) is 0 Å². The Hall–Kier alpha value is -3.09. The van der Waals surface area contributed by atoms with E-state index in [1.807, 2.05) is 38.1 Å². The molecule has 0 aliphatic rings. The Balaban J connectivity index is 1.74. The summed E-state index contributed by atoms with van der Waals surface area (Å²) < 4.78 is 15.8. The maximum Gasteiger partial charge on any atom is 0.342 e. The van der Waals surface area contributed by atoms with Crippen molar-refractivity contribution < 1.29 is 18.7 Å². The number of nitrogens with one attached hydrogen (secondary N) is 1. The van der Waals surface area contributed by atoms with Gasteiger partial charge in [0.1, 0.15) is 17.1 Å². The van der Waals surface area contributed by atoms with E-state index in [9.17, 15) is 4.79 Å². The van der Waals surface area contributed by atoms with Gasteiger partial charge in [0.25, 0.3) is 0 Å². The van der Waals surface area contributed by atoms with E-state index in [1.54, 1.807) is 7.11 Å². The molecule has 7 nitrogen and oxygen atoms in total. The highest BCUT2D eigenvalue weighted by Gasteiger charge is 2.18. The summed E-state index contributed by atoms with van der Waals surface area (Å²) in [6.45, 7) is 3.62. The number of ether oxygens (including phenoxy) is 2. The van der Waals surface area contributed by atoms with Crippen LogP contribution in [0.25, 0.3) is 11.3 Å². The number of benzene rings is 1. The molecule has 7 heteroatoms. The highest BCUT2D eigenvalue weighted by molar-refractivity contribution is 5.95. The largest absolute Gasteiger partial charge is 0.497 e. The molecule has 0 saturated carbocycles. The summed E-state index contributed by atoms with van der Waals surface area (Å²) in [4.78, 5) is 16.5. The maximum atomic E-state index is 12.3. The second kappa shape index (κ2) is 6.57. The number of carbonyl (C=O) groups excluding carboxylic acids is 1. The molecule has 1 N–H and O–H groups in total. The summed E-state index contributed by atoms with van der Waals surface area (Å²) in [6.07, 6.45) is 1.44. The van der Waals surface area contributed by atoms with E-state index in [1.165, 1.54) is 6.20 Å².